The Morgan fingerprint density at radius 2 is 1.85 bits per heavy atom. The lowest BCUT2D eigenvalue weighted by Crippen LogP contribution is -2.47. The average Bonchev–Trinajstić information content (AvgIpc) is 2.87. The third kappa shape index (κ3) is 5.83. The molecule has 0 radical (unpaired) electrons. The molecule has 26 heavy (non-hydrogen) atoms. The van der Waals surface area contributed by atoms with E-state index in [0.29, 0.717) is 16.9 Å². The molecule has 1 aromatic rings. The quantitative estimate of drug-likeness (QED) is 0.274. The molecule has 7 heteroatoms. The zero-order chi connectivity index (χ0) is 19.1. The van der Waals surface area contributed by atoms with Crippen LogP contribution in [0.3, 0.4) is 0 Å². The fourth-order valence-corrected chi connectivity index (χ4v) is 4.10. The summed E-state index contributed by atoms with van der Waals surface area (Å²) in [4.78, 5) is 26.8. The van der Waals surface area contributed by atoms with Gasteiger partial charge in [-0.1, -0.05) is 65.1 Å². The molecule has 2 rings (SSSR count). The Bertz CT molecular complexity index is 580. The third-order valence-electron chi connectivity index (χ3n) is 4.68. The lowest BCUT2D eigenvalue weighted by molar-refractivity contribution is -0.122. The van der Waals surface area contributed by atoms with Crippen molar-refractivity contribution in [3.63, 3.8) is 0 Å². The SMILES string of the molecule is CC(C)C[C@@H](C(=O)c1nnc(SC(C)C)o1)N(C=O)C1CCCCCC1. The van der Waals surface area contributed by atoms with E-state index in [1.165, 1.54) is 24.6 Å². The van der Waals surface area contributed by atoms with Crippen molar-refractivity contribution in [2.45, 2.75) is 95.2 Å². The van der Waals surface area contributed by atoms with Gasteiger partial charge in [0.2, 0.25) is 12.2 Å². The summed E-state index contributed by atoms with van der Waals surface area (Å²) in [6, 6.07) is -0.414. The average molecular weight is 382 g/mol. The van der Waals surface area contributed by atoms with Crippen LogP contribution in [0, 0.1) is 5.92 Å². The Balaban J connectivity index is 2.21. The molecule has 0 saturated heterocycles. The first kappa shape index (κ1) is 20.9. The zero-order valence-electron chi connectivity index (χ0n) is 16.3. The fourth-order valence-electron chi connectivity index (χ4n) is 3.48. The number of nitrogens with zero attached hydrogens (tertiary/aromatic N) is 3. The van der Waals surface area contributed by atoms with Gasteiger partial charge in [-0.2, -0.15) is 0 Å². The molecule has 0 bridgehead atoms. The molecule has 146 valence electrons. The summed E-state index contributed by atoms with van der Waals surface area (Å²) in [6.07, 6.45) is 7.97. The van der Waals surface area contributed by atoms with E-state index in [9.17, 15) is 9.59 Å². The molecule has 0 unspecified atom stereocenters. The first-order valence-electron chi connectivity index (χ1n) is 9.69. The summed E-state index contributed by atoms with van der Waals surface area (Å²) in [5.74, 6) is 0.0574. The van der Waals surface area contributed by atoms with Crippen molar-refractivity contribution in [3.05, 3.63) is 5.89 Å². The number of aromatic nitrogens is 2. The molecule has 1 aliphatic carbocycles. The molecular weight excluding hydrogens is 350 g/mol. The van der Waals surface area contributed by atoms with Gasteiger partial charge in [-0.15, -0.1) is 10.2 Å². The second kappa shape index (κ2) is 10.1. The molecule has 1 heterocycles. The molecule has 1 amide bonds. The predicted octanol–water partition coefficient (Wildman–Crippen LogP) is 4.35. The lowest BCUT2D eigenvalue weighted by Gasteiger charge is -2.34. The van der Waals surface area contributed by atoms with Crippen LogP contribution in [0.5, 0.6) is 0 Å². The van der Waals surface area contributed by atoms with Gasteiger partial charge in [0.25, 0.3) is 11.1 Å². The van der Waals surface area contributed by atoms with Crippen LogP contribution in [-0.4, -0.2) is 44.6 Å². The van der Waals surface area contributed by atoms with Crippen molar-refractivity contribution < 1.29 is 14.0 Å². The topological polar surface area (TPSA) is 76.3 Å². The van der Waals surface area contributed by atoms with Crippen LogP contribution in [0.1, 0.15) is 83.3 Å². The zero-order valence-corrected chi connectivity index (χ0v) is 17.1. The van der Waals surface area contributed by atoms with Gasteiger partial charge >= 0.3 is 0 Å². The Hall–Kier alpha value is -1.37. The summed E-state index contributed by atoms with van der Waals surface area (Å²) in [7, 11) is 0. The highest BCUT2D eigenvalue weighted by molar-refractivity contribution is 7.99. The number of hydrogen-bond donors (Lipinski definition) is 0. The van der Waals surface area contributed by atoms with Crippen LogP contribution < -0.4 is 0 Å². The minimum atomic E-state index is -0.534. The van der Waals surface area contributed by atoms with Crippen molar-refractivity contribution in [2.24, 2.45) is 5.92 Å². The molecule has 0 aromatic carbocycles. The molecule has 0 spiro atoms. The number of carbonyl (C=O) groups excluding carboxylic acids is 2. The van der Waals surface area contributed by atoms with Gasteiger partial charge in [0.1, 0.15) is 6.04 Å². The van der Waals surface area contributed by atoms with Crippen molar-refractivity contribution in [3.8, 4) is 0 Å². The van der Waals surface area contributed by atoms with Crippen molar-refractivity contribution in [2.75, 3.05) is 0 Å². The van der Waals surface area contributed by atoms with Gasteiger partial charge in [0, 0.05) is 11.3 Å². The molecule has 1 saturated carbocycles. The van der Waals surface area contributed by atoms with Crippen LogP contribution in [0.4, 0.5) is 0 Å². The highest BCUT2D eigenvalue weighted by Gasteiger charge is 2.34. The van der Waals surface area contributed by atoms with Gasteiger partial charge in [-0.3, -0.25) is 9.59 Å². The van der Waals surface area contributed by atoms with Crippen LogP contribution >= 0.6 is 11.8 Å². The lowest BCUT2D eigenvalue weighted by atomic mass is 9.95. The van der Waals surface area contributed by atoms with Crippen molar-refractivity contribution in [1.82, 2.24) is 15.1 Å². The van der Waals surface area contributed by atoms with E-state index in [1.54, 1.807) is 4.90 Å². The molecular formula is C19H31N3O3S. The highest BCUT2D eigenvalue weighted by Crippen LogP contribution is 2.27. The number of ketones is 1. The first-order chi connectivity index (χ1) is 12.4. The molecule has 6 nitrogen and oxygen atoms in total. The fraction of sp³-hybridized carbons (Fsp3) is 0.789. The van der Waals surface area contributed by atoms with E-state index < -0.39 is 6.04 Å². The maximum Gasteiger partial charge on any atom is 0.286 e. The second-order valence-electron chi connectivity index (χ2n) is 7.75. The number of thioether (sulfide) groups is 1. The summed E-state index contributed by atoms with van der Waals surface area (Å²) in [5.41, 5.74) is 0. The number of amides is 1. The Labute approximate surface area is 160 Å². The summed E-state index contributed by atoms with van der Waals surface area (Å²) < 4.78 is 5.57. The Morgan fingerprint density at radius 3 is 2.38 bits per heavy atom. The maximum atomic E-state index is 13.1. The summed E-state index contributed by atoms with van der Waals surface area (Å²) in [5, 5.41) is 8.61. The number of hydrogen-bond acceptors (Lipinski definition) is 6. The van der Waals surface area contributed by atoms with Gasteiger partial charge in [0.05, 0.1) is 0 Å². The minimum Gasteiger partial charge on any atom is -0.408 e. The van der Waals surface area contributed by atoms with E-state index in [1.807, 2.05) is 13.8 Å². The Kier molecular flexibility index (Phi) is 8.13. The largest absolute Gasteiger partial charge is 0.408 e. The molecule has 1 aromatic heterocycles. The van der Waals surface area contributed by atoms with Gasteiger partial charge in [0.15, 0.2) is 0 Å². The normalized spacial score (nSPS) is 17.3. The second-order valence-corrected chi connectivity index (χ2v) is 9.28. The van der Waals surface area contributed by atoms with Crippen molar-refractivity contribution >= 4 is 24.0 Å². The van der Waals surface area contributed by atoms with Gasteiger partial charge in [-0.05, 0) is 25.2 Å². The number of carbonyl (C=O) groups is 2. The standard InChI is InChI=1S/C19H31N3O3S/c1-13(2)11-16(22(12-23)15-9-7-5-6-8-10-15)17(24)18-20-21-19(25-18)26-14(3)4/h12-16H,5-11H2,1-4H3/t16-/m0/s1. The van der Waals surface area contributed by atoms with E-state index in [0.717, 1.165) is 32.1 Å². The molecule has 0 aliphatic heterocycles. The predicted molar refractivity (Wildman–Crippen MR) is 102 cm³/mol. The van der Waals surface area contributed by atoms with Crippen LogP contribution in [-0.2, 0) is 4.79 Å². The minimum absolute atomic E-state index is 0.0132. The molecule has 0 N–H and O–H groups in total. The van der Waals surface area contributed by atoms with E-state index in [4.69, 9.17) is 4.42 Å². The van der Waals surface area contributed by atoms with Gasteiger partial charge in [-0.25, -0.2) is 0 Å². The molecule has 1 fully saturated rings. The van der Waals surface area contributed by atoms with Crippen LogP contribution in [0.15, 0.2) is 9.64 Å². The maximum absolute atomic E-state index is 13.1. The molecule has 1 atom stereocenters. The van der Waals surface area contributed by atoms with Crippen LogP contribution in [0.2, 0.25) is 0 Å². The third-order valence-corrected chi connectivity index (χ3v) is 5.52. The monoisotopic (exact) mass is 381 g/mol. The van der Waals surface area contributed by atoms with E-state index in [-0.39, 0.29) is 23.6 Å². The number of Topliss-reactive ketones (excluding diaryl/α,β-unsaturated/α-hetero) is 1. The highest BCUT2D eigenvalue weighted by atomic mass is 32.2. The van der Waals surface area contributed by atoms with Crippen molar-refractivity contribution in [1.29, 1.82) is 0 Å². The summed E-state index contributed by atoms with van der Waals surface area (Å²) in [6.45, 7) is 8.17. The first-order valence-corrected chi connectivity index (χ1v) is 10.6. The Morgan fingerprint density at radius 1 is 1.19 bits per heavy atom. The van der Waals surface area contributed by atoms with Crippen LogP contribution in [0.25, 0.3) is 0 Å². The smallest absolute Gasteiger partial charge is 0.286 e. The summed E-state index contributed by atoms with van der Waals surface area (Å²) >= 11 is 1.43. The van der Waals surface area contributed by atoms with E-state index in [2.05, 4.69) is 24.0 Å². The molecule has 1 aliphatic rings. The van der Waals surface area contributed by atoms with Gasteiger partial charge < -0.3 is 9.32 Å². The number of rotatable bonds is 9. The van der Waals surface area contributed by atoms with E-state index >= 15 is 0 Å².